The van der Waals surface area contributed by atoms with Gasteiger partial charge in [-0.1, -0.05) is 23.4 Å². The van der Waals surface area contributed by atoms with Crippen LogP contribution in [-0.2, 0) is 0 Å². The Morgan fingerprint density at radius 2 is 2.14 bits per heavy atom. The van der Waals surface area contributed by atoms with Gasteiger partial charge in [0.15, 0.2) is 5.43 Å². The van der Waals surface area contributed by atoms with Crippen molar-refractivity contribution in [2.75, 3.05) is 0 Å². The molecule has 0 fully saturated rings. The summed E-state index contributed by atoms with van der Waals surface area (Å²) in [5.41, 5.74) is 1.31. The lowest BCUT2D eigenvalue weighted by Gasteiger charge is -1.94. The lowest BCUT2D eigenvalue weighted by atomic mass is 10.1. The molecule has 0 atom stereocenters. The molecule has 1 aromatic heterocycles. The summed E-state index contributed by atoms with van der Waals surface area (Å²) in [6.07, 6.45) is 0. The predicted octanol–water partition coefficient (Wildman–Crippen LogP) is 1.67. The van der Waals surface area contributed by atoms with Crippen molar-refractivity contribution in [2.45, 2.75) is 0 Å². The number of nitrogens with zero attached hydrogens (tertiary/aromatic N) is 1. The molecular weight excluding hydrogens is 180 g/mol. The van der Waals surface area contributed by atoms with E-state index in [2.05, 4.69) is 10.3 Å². The van der Waals surface area contributed by atoms with Gasteiger partial charge in [0.2, 0.25) is 0 Å². The maximum atomic E-state index is 11.6. The fourth-order valence-electron chi connectivity index (χ4n) is 1.63. The second kappa shape index (κ2) is 2.45. The van der Waals surface area contributed by atoms with E-state index < -0.39 is 0 Å². The number of rotatable bonds is 0. The van der Waals surface area contributed by atoms with Crippen molar-refractivity contribution < 1.29 is 4.63 Å². The summed E-state index contributed by atoms with van der Waals surface area (Å²) in [4.78, 5) is 11.6. The van der Waals surface area contributed by atoms with Gasteiger partial charge in [-0.2, -0.15) is 5.16 Å². The van der Waals surface area contributed by atoms with E-state index in [-0.39, 0.29) is 5.43 Å². The van der Waals surface area contributed by atoms with Crippen LogP contribution in [0.3, 0.4) is 0 Å². The first-order valence-electron chi connectivity index (χ1n) is 4.22. The lowest BCUT2D eigenvalue weighted by molar-refractivity contribution is 0.316. The van der Waals surface area contributed by atoms with Gasteiger partial charge in [0.05, 0.1) is 5.39 Å². The van der Waals surface area contributed by atoms with E-state index >= 15 is 0 Å². The molecule has 1 heterocycles. The summed E-state index contributed by atoms with van der Waals surface area (Å²) in [5.74, 6) is 0. The maximum Gasteiger partial charge on any atom is 0.188 e. The monoisotopic (exact) mass is 186 g/mol. The second-order valence-electron chi connectivity index (χ2n) is 3.10. The average molecular weight is 186 g/mol. The minimum Gasteiger partial charge on any atom is -0.289 e. The highest BCUT2D eigenvalue weighted by atomic mass is 16.6. The van der Waals surface area contributed by atoms with E-state index in [0.717, 1.165) is 5.39 Å². The van der Waals surface area contributed by atoms with Gasteiger partial charge in [-0.3, -0.25) is 9.42 Å². The van der Waals surface area contributed by atoms with E-state index in [9.17, 15) is 4.79 Å². The first-order chi connectivity index (χ1) is 6.86. The second-order valence-corrected chi connectivity index (χ2v) is 3.10. The van der Waals surface area contributed by atoms with Gasteiger partial charge in [-0.05, 0) is 17.5 Å². The molecule has 4 heteroatoms. The van der Waals surface area contributed by atoms with Crippen molar-refractivity contribution >= 4 is 21.8 Å². The van der Waals surface area contributed by atoms with Crippen LogP contribution in [0.2, 0.25) is 0 Å². The van der Waals surface area contributed by atoms with E-state index in [4.69, 9.17) is 4.63 Å². The molecule has 0 unspecified atom stereocenters. The first-order valence-corrected chi connectivity index (χ1v) is 4.22. The van der Waals surface area contributed by atoms with Crippen molar-refractivity contribution in [1.29, 1.82) is 0 Å². The average Bonchev–Trinajstić information content (AvgIpc) is 2.65. The topological polar surface area (TPSA) is 58.9 Å². The van der Waals surface area contributed by atoms with Crippen LogP contribution in [-0.4, -0.2) is 10.3 Å². The molecule has 0 saturated heterocycles. The molecule has 0 aliphatic rings. The molecule has 0 aliphatic heterocycles. The van der Waals surface area contributed by atoms with Crippen LogP contribution in [0.25, 0.3) is 21.8 Å². The zero-order chi connectivity index (χ0) is 9.54. The zero-order valence-corrected chi connectivity index (χ0v) is 7.15. The van der Waals surface area contributed by atoms with E-state index in [1.807, 2.05) is 18.2 Å². The molecule has 0 spiro atoms. The Morgan fingerprint density at radius 1 is 1.21 bits per heavy atom. The Kier molecular flexibility index (Phi) is 1.28. The van der Waals surface area contributed by atoms with E-state index in [1.165, 1.54) is 6.07 Å². The van der Waals surface area contributed by atoms with Crippen molar-refractivity contribution in [3.8, 4) is 0 Å². The molecule has 4 nitrogen and oxygen atoms in total. The molecule has 0 amide bonds. The largest absolute Gasteiger partial charge is 0.289 e. The molecule has 0 aliphatic carbocycles. The van der Waals surface area contributed by atoms with E-state index in [1.54, 1.807) is 6.07 Å². The normalized spacial score (nSPS) is 11.1. The number of hydrogen-bond donors (Lipinski definition) is 1. The Bertz CT molecular complexity index is 666. The van der Waals surface area contributed by atoms with E-state index in [0.29, 0.717) is 16.4 Å². The number of aromatic amines is 1. The molecule has 14 heavy (non-hydrogen) atoms. The first kappa shape index (κ1) is 7.32. The van der Waals surface area contributed by atoms with Crippen LogP contribution in [0.4, 0.5) is 0 Å². The minimum atomic E-state index is -0.0208. The highest BCUT2D eigenvalue weighted by Gasteiger charge is 2.05. The Balaban J connectivity index is 2.74. The maximum absolute atomic E-state index is 11.6. The molecule has 0 radical (unpaired) electrons. The number of fused-ring (bicyclic) bond motifs is 3. The number of H-pyrrole nitrogens is 1. The summed E-state index contributed by atoms with van der Waals surface area (Å²) < 4.78 is 4.71. The summed E-state index contributed by atoms with van der Waals surface area (Å²) >= 11 is 0. The van der Waals surface area contributed by atoms with Gasteiger partial charge >= 0.3 is 0 Å². The van der Waals surface area contributed by atoms with Gasteiger partial charge in [-0.15, -0.1) is 0 Å². The quantitative estimate of drug-likeness (QED) is 0.581. The number of nitrogens with one attached hydrogen (secondary N) is 1. The number of hydrogen-bond acceptors (Lipinski definition) is 3. The van der Waals surface area contributed by atoms with Crippen LogP contribution in [0, 0.1) is 0 Å². The van der Waals surface area contributed by atoms with Crippen molar-refractivity contribution in [3.63, 3.8) is 0 Å². The third kappa shape index (κ3) is 0.821. The van der Waals surface area contributed by atoms with Crippen LogP contribution in [0.15, 0.2) is 39.8 Å². The Labute approximate surface area is 78.1 Å². The summed E-state index contributed by atoms with van der Waals surface area (Å²) in [5, 5.41) is 7.88. The molecular formula is C10H6N2O2. The van der Waals surface area contributed by atoms with Crippen LogP contribution >= 0.6 is 0 Å². The highest BCUT2D eigenvalue weighted by Crippen LogP contribution is 2.18. The predicted molar refractivity (Wildman–Crippen MR) is 52.1 cm³/mol. The Morgan fingerprint density at radius 3 is 3.07 bits per heavy atom. The third-order valence-corrected chi connectivity index (χ3v) is 2.28. The van der Waals surface area contributed by atoms with Crippen LogP contribution < -0.4 is 5.43 Å². The fourth-order valence-corrected chi connectivity index (χ4v) is 1.63. The standard InChI is InChI=1S/C10H6N2O2/c13-8-3-1-2-6-4-5-7-10(9(6)8)12-14-11-7/h1-5,12H. The van der Waals surface area contributed by atoms with Gasteiger partial charge in [0.1, 0.15) is 11.0 Å². The van der Waals surface area contributed by atoms with Gasteiger partial charge < -0.3 is 0 Å². The van der Waals surface area contributed by atoms with Gasteiger partial charge in [0, 0.05) is 0 Å². The van der Waals surface area contributed by atoms with Crippen molar-refractivity contribution in [1.82, 2.24) is 10.3 Å². The molecule has 3 rings (SSSR count). The molecule has 0 saturated carbocycles. The SMILES string of the molecule is O=c1cccc2ccc3no[nH]c3c12. The molecule has 3 aromatic rings. The lowest BCUT2D eigenvalue weighted by Crippen LogP contribution is -1.98. The van der Waals surface area contributed by atoms with Gasteiger partial charge in [-0.25, -0.2) is 0 Å². The summed E-state index contributed by atoms with van der Waals surface area (Å²) in [6.45, 7) is 0. The molecule has 2 aromatic carbocycles. The van der Waals surface area contributed by atoms with Crippen molar-refractivity contribution in [3.05, 3.63) is 40.6 Å². The molecule has 1 N–H and O–H groups in total. The Hall–Kier alpha value is -2.10. The smallest absolute Gasteiger partial charge is 0.188 e. The van der Waals surface area contributed by atoms with Crippen molar-refractivity contribution in [2.24, 2.45) is 0 Å². The minimum absolute atomic E-state index is 0.0208. The molecule has 0 bridgehead atoms. The number of benzene rings is 2. The number of aromatic nitrogens is 2. The summed E-state index contributed by atoms with van der Waals surface area (Å²) in [7, 11) is 0. The molecule has 68 valence electrons. The van der Waals surface area contributed by atoms with Gasteiger partial charge in [0.25, 0.3) is 0 Å². The summed E-state index contributed by atoms with van der Waals surface area (Å²) in [6, 6.07) is 8.83. The third-order valence-electron chi connectivity index (χ3n) is 2.28. The fraction of sp³-hybridized carbons (Fsp3) is 0. The zero-order valence-electron chi connectivity index (χ0n) is 7.15. The van der Waals surface area contributed by atoms with Crippen LogP contribution in [0.1, 0.15) is 0 Å². The highest BCUT2D eigenvalue weighted by molar-refractivity contribution is 6.03. The van der Waals surface area contributed by atoms with Crippen LogP contribution in [0.5, 0.6) is 0 Å².